The van der Waals surface area contributed by atoms with Crippen molar-refractivity contribution in [3.63, 3.8) is 0 Å². The Balaban J connectivity index is 1.58. The molecular weight excluding hydrogens is 396 g/mol. The van der Waals surface area contributed by atoms with Crippen LogP contribution in [-0.4, -0.2) is 43.7 Å². The number of carbonyl (C=O) groups is 1. The Labute approximate surface area is 180 Å². The van der Waals surface area contributed by atoms with E-state index in [0.717, 1.165) is 36.8 Å². The summed E-state index contributed by atoms with van der Waals surface area (Å²) in [6.07, 6.45) is 5.02. The molecule has 30 heavy (non-hydrogen) atoms. The van der Waals surface area contributed by atoms with Gasteiger partial charge in [0.1, 0.15) is 0 Å². The molecule has 0 radical (unpaired) electrons. The second-order valence-electron chi connectivity index (χ2n) is 8.05. The largest absolute Gasteiger partial charge is 0.339 e. The van der Waals surface area contributed by atoms with Crippen molar-refractivity contribution in [2.45, 2.75) is 56.4 Å². The van der Waals surface area contributed by atoms with Crippen molar-refractivity contribution in [3.05, 3.63) is 65.7 Å². The van der Waals surface area contributed by atoms with Gasteiger partial charge in [-0.3, -0.25) is 4.79 Å². The van der Waals surface area contributed by atoms with E-state index in [2.05, 4.69) is 0 Å². The topological polar surface area (TPSA) is 57.7 Å². The highest BCUT2D eigenvalue weighted by Gasteiger charge is 2.25. The number of benzene rings is 2. The molecule has 1 amide bonds. The Kier molecular flexibility index (Phi) is 7.67. The van der Waals surface area contributed by atoms with Gasteiger partial charge in [0.15, 0.2) is 0 Å². The highest BCUT2D eigenvalue weighted by molar-refractivity contribution is 7.89. The lowest BCUT2D eigenvalue weighted by atomic mass is 10.1. The predicted molar refractivity (Wildman–Crippen MR) is 120 cm³/mol. The molecule has 1 atom stereocenters. The van der Waals surface area contributed by atoms with Crippen molar-refractivity contribution >= 4 is 15.9 Å². The Morgan fingerprint density at radius 1 is 0.967 bits per heavy atom. The van der Waals surface area contributed by atoms with Crippen LogP contribution in [0, 0.1) is 0 Å². The van der Waals surface area contributed by atoms with Gasteiger partial charge in [-0.05, 0) is 49.4 Å². The van der Waals surface area contributed by atoms with E-state index in [0.29, 0.717) is 30.8 Å². The minimum Gasteiger partial charge on any atom is -0.339 e. The average molecular weight is 429 g/mol. The van der Waals surface area contributed by atoms with E-state index in [1.54, 1.807) is 21.3 Å². The van der Waals surface area contributed by atoms with Crippen LogP contribution in [0.25, 0.3) is 0 Å². The second kappa shape index (κ2) is 10.2. The summed E-state index contributed by atoms with van der Waals surface area (Å²) in [4.78, 5) is 14.7. The normalized spacial score (nSPS) is 16.6. The SMILES string of the molecule is CC(c1ccccc1)N(C)C(=O)CCc1ccc(S(=O)(=O)N2CCCCCC2)cc1. The molecule has 0 aliphatic carbocycles. The zero-order valence-electron chi connectivity index (χ0n) is 18.0. The Bertz CT molecular complexity index is 919. The van der Waals surface area contributed by atoms with Crippen LogP contribution in [0.4, 0.5) is 0 Å². The highest BCUT2D eigenvalue weighted by atomic mass is 32.2. The van der Waals surface area contributed by atoms with Crippen LogP contribution in [0.15, 0.2) is 59.5 Å². The number of nitrogens with zero attached hydrogens (tertiary/aromatic N) is 2. The quantitative estimate of drug-likeness (QED) is 0.657. The minimum atomic E-state index is -3.43. The van der Waals surface area contributed by atoms with Crippen LogP contribution >= 0.6 is 0 Å². The summed E-state index contributed by atoms with van der Waals surface area (Å²) >= 11 is 0. The lowest BCUT2D eigenvalue weighted by molar-refractivity contribution is -0.131. The molecule has 1 aliphatic heterocycles. The van der Waals surface area contributed by atoms with Gasteiger partial charge >= 0.3 is 0 Å². The lowest BCUT2D eigenvalue weighted by Crippen LogP contribution is -2.31. The molecule has 0 N–H and O–H groups in total. The van der Waals surface area contributed by atoms with Gasteiger partial charge in [0.05, 0.1) is 10.9 Å². The summed E-state index contributed by atoms with van der Waals surface area (Å²) in [7, 11) is -1.60. The molecule has 0 aromatic heterocycles. The number of hydrogen-bond acceptors (Lipinski definition) is 3. The Morgan fingerprint density at radius 2 is 1.57 bits per heavy atom. The summed E-state index contributed by atoms with van der Waals surface area (Å²) in [6, 6.07) is 17.0. The van der Waals surface area contributed by atoms with Crippen LogP contribution in [0.3, 0.4) is 0 Å². The molecule has 0 saturated carbocycles. The molecule has 0 bridgehead atoms. The zero-order chi connectivity index (χ0) is 21.6. The highest BCUT2D eigenvalue weighted by Crippen LogP contribution is 2.22. The van der Waals surface area contributed by atoms with Gasteiger partial charge < -0.3 is 4.90 Å². The Hall–Kier alpha value is -2.18. The molecule has 1 heterocycles. The van der Waals surface area contributed by atoms with Crippen LogP contribution in [0.1, 0.15) is 56.2 Å². The van der Waals surface area contributed by atoms with E-state index in [1.807, 2.05) is 56.4 Å². The van der Waals surface area contributed by atoms with E-state index >= 15 is 0 Å². The molecule has 2 aromatic rings. The van der Waals surface area contributed by atoms with E-state index in [4.69, 9.17) is 0 Å². The lowest BCUT2D eigenvalue weighted by Gasteiger charge is -2.25. The molecule has 1 unspecified atom stereocenters. The first kappa shape index (κ1) is 22.5. The van der Waals surface area contributed by atoms with Crippen molar-refractivity contribution in [2.24, 2.45) is 0 Å². The maximum atomic E-state index is 12.9. The van der Waals surface area contributed by atoms with Crippen LogP contribution in [-0.2, 0) is 21.2 Å². The van der Waals surface area contributed by atoms with Crippen LogP contribution in [0.5, 0.6) is 0 Å². The van der Waals surface area contributed by atoms with E-state index in [-0.39, 0.29) is 11.9 Å². The minimum absolute atomic E-state index is 0.0137. The second-order valence-corrected chi connectivity index (χ2v) is 9.99. The first-order valence-electron chi connectivity index (χ1n) is 10.8. The molecule has 2 aromatic carbocycles. The fourth-order valence-electron chi connectivity index (χ4n) is 3.86. The standard InChI is InChI=1S/C24H32N2O3S/c1-20(22-10-6-5-7-11-22)25(2)24(27)17-14-21-12-15-23(16-13-21)30(28,29)26-18-8-3-4-9-19-26/h5-7,10-13,15-16,20H,3-4,8-9,14,17-19H2,1-2H3. The molecule has 1 fully saturated rings. The molecule has 6 heteroatoms. The van der Waals surface area contributed by atoms with Crippen molar-refractivity contribution in [3.8, 4) is 0 Å². The summed E-state index contributed by atoms with van der Waals surface area (Å²) in [5, 5.41) is 0. The molecule has 5 nitrogen and oxygen atoms in total. The number of rotatable bonds is 7. The van der Waals surface area contributed by atoms with Gasteiger partial charge in [-0.25, -0.2) is 8.42 Å². The number of hydrogen-bond donors (Lipinski definition) is 0. The molecule has 3 rings (SSSR count). The van der Waals surface area contributed by atoms with Crippen LogP contribution in [0.2, 0.25) is 0 Å². The summed E-state index contributed by atoms with van der Waals surface area (Å²) in [5.41, 5.74) is 2.08. The van der Waals surface area contributed by atoms with Gasteiger partial charge in [0.2, 0.25) is 15.9 Å². The van der Waals surface area contributed by atoms with E-state index in [9.17, 15) is 13.2 Å². The zero-order valence-corrected chi connectivity index (χ0v) is 18.8. The van der Waals surface area contributed by atoms with Crippen molar-refractivity contribution in [1.29, 1.82) is 0 Å². The van der Waals surface area contributed by atoms with E-state index < -0.39 is 10.0 Å². The molecule has 1 saturated heterocycles. The third-order valence-electron chi connectivity index (χ3n) is 6.01. The summed E-state index contributed by atoms with van der Waals surface area (Å²) < 4.78 is 27.4. The third-order valence-corrected chi connectivity index (χ3v) is 7.92. The monoisotopic (exact) mass is 428 g/mol. The van der Waals surface area contributed by atoms with E-state index in [1.165, 1.54) is 0 Å². The summed E-state index contributed by atoms with van der Waals surface area (Å²) in [5.74, 6) is 0.0765. The first-order chi connectivity index (χ1) is 14.4. The molecule has 0 spiro atoms. The number of sulfonamides is 1. The van der Waals surface area contributed by atoms with Crippen molar-refractivity contribution < 1.29 is 13.2 Å². The Morgan fingerprint density at radius 3 is 2.17 bits per heavy atom. The molecule has 1 aliphatic rings. The number of carbonyl (C=O) groups excluding carboxylic acids is 1. The average Bonchev–Trinajstić information content (AvgIpc) is 3.07. The predicted octanol–water partition coefficient (Wildman–Crippen LogP) is 4.40. The molecule has 162 valence electrons. The van der Waals surface area contributed by atoms with Crippen molar-refractivity contribution in [2.75, 3.05) is 20.1 Å². The fourth-order valence-corrected chi connectivity index (χ4v) is 5.38. The van der Waals surface area contributed by atoms with Gasteiger partial charge in [-0.1, -0.05) is 55.3 Å². The van der Waals surface area contributed by atoms with Gasteiger partial charge in [0.25, 0.3) is 0 Å². The summed E-state index contributed by atoms with van der Waals surface area (Å²) in [6.45, 7) is 3.23. The number of amides is 1. The maximum absolute atomic E-state index is 12.9. The third kappa shape index (κ3) is 5.49. The van der Waals surface area contributed by atoms with Gasteiger partial charge in [0, 0.05) is 26.6 Å². The van der Waals surface area contributed by atoms with Gasteiger partial charge in [-0.15, -0.1) is 0 Å². The van der Waals surface area contributed by atoms with Crippen molar-refractivity contribution in [1.82, 2.24) is 9.21 Å². The fraction of sp³-hybridized carbons (Fsp3) is 0.458. The number of aryl methyl sites for hydroxylation is 1. The van der Waals surface area contributed by atoms with Crippen LogP contribution < -0.4 is 0 Å². The smallest absolute Gasteiger partial charge is 0.243 e. The first-order valence-corrected chi connectivity index (χ1v) is 12.2. The maximum Gasteiger partial charge on any atom is 0.243 e. The molecular formula is C24H32N2O3S. The van der Waals surface area contributed by atoms with Gasteiger partial charge in [-0.2, -0.15) is 4.31 Å².